The van der Waals surface area contributed by atoms with Gasteiger partial charge in [-0.2, -0.15) is 0 Å². The molecule has 0 radical (unpaired) electrons. The van der Waals surface area contributed by atoms with E-state index in [2.05, 4.69) is 0 Å². The molecule has 1 fully saturated rings. The van der Waals surface area contributed by atoms with E-state index in [1.165, 1.54) is 0 Å². The Balaban J connectivity index is 2.13. The van der Waals surface area contributed by atoms with Crippen LogP contribution in [0.5, 0.6) is 0 Å². The maximum atomic E-state index is 5.27. The molecule has 1 aliphatic rings. The third-order valence-corrected chi connectivity index (χ3v) is 0.997. The molecular weight excluding hydrogens is 134 g/mol. The maximum absolute atomic E-state index is 5.27. The van der Waals surface area contributed by atoms with Gasteiger partial charge in [0.1, 0.15) is 20.3 Å². The van der Waals surface area contributed by atoms with E-state index in [1.54, 1.807) is 5.06 Å². The molecule has 0 aromatic rings. The number of rotatable bonds is 2. The molecule has 0 saturated carbocycles. The highest BCUT2D eigenvalue weighted by atomic mass is 16.8. The molecule has 1 aliphatic heterocycles. The van der Waals surface area contributed by atoms with Crippen LogP contribution in [0.4, 0.5) is 0 Å². The minimum absolute atomic E-state index is 0.185. The van der Waals surface area contributed by atoms with E-state index >= 15 is 0 Å². The Labute approximate surface area is 60.6 Å². The minimum atomic E-state index is 0.185. The number of ether oxygens (including phenoxy) is 2. The van der Waals surface area contributed by atoms with Gasteiger partial charge in [0.15, 0.2) is 0 Å². The first-order chi connectivity index (χ1) is 4.79. The van der Waals surface area contributed by atoms with Crippen LogP contribution in [0.1, 0.15) is 13.8 Å². The van der Waals surface area contributed by atoms with Crippen molar-refractivity contribution in [3.05, 3.63) is 0 Å². The summed E-state index contributed by atoms with van der Waals surface area (Å²) in [6, 6.07) is 0. The summed E-state index contributed by atoms with van der Waals surface area (Å²) < 4.78 is 9.92. The number of nitrogens with zero attached hydrogens (tertiary/aromatic N) is 1. The fraction of sp³-hybridized carbons (Fsp3) is 1.00. The summed E-state index contributed by atoms with van der Waals surface area (Å²) >= 11 is 0. The molecule has 0 aromatic heterocycles. The molecule has 0 atom stereocenters. The Hall–Kier alpha value is -0.160. The van der Waals surface area contributed by atoms with Gasteiger partial charge >= 0.3 is 0 Å². The number of hydroxylamine groups is 2. The van der Waals surface area contributed by atoms with Gasteiger partial charge < -0.3 is 9.47 Å². The Kier molecular flexibility index (Phi) is 3.08. The highest BCUT2D eigenvalue weighted by molar-refractivity contribution is 4.36. The molecule has 10 heavy (non-hydrogen) atoms. The van der Waals surface area contributed by atoms with Gasteiger partial charge in [-0.05, 0) is 13.8 Å². The van der Waals surface area contributed by atoms with Gasteiger partial charge in [0, 0.05) is 0 Å². The zero-order chi connectivity index (χ0) is 7.40. The van der Waals surface area contributed by atoms with Crippen LogP contribution in [0.15, 0.2) is 0 Å². The number of hydrogen-bond acceptors (Lipinski definition) is 4. The van der Waals surface area contributed by atoms with E-state index in [9.17, 15) is 0 Å². The predicted molar refractivity (Wildman–Crippen MR) is 34.8 cm³/mol. The first kappa shape index (κ1) is 7.94. The smallest absolute Gasteiger partial charge is 0.150 e. The lowest BCUT2D eigenvalue weighted by Crippen LogP contribution is -2.36. The molecule has 4 heteroatoms. The van der Waals surface area contributed by atoms with Gasteiger partial charge in [0.25, 0.3) is 0 Å². The van der Waals surface area contributed by atoms with Crippen LogP contribution in [-0.2, 0) is 14.3 Å². The summed E-state index contributed by atoms with van der Waals surface area (Å²) in [5, 5.41) is 1.65. The summed E-state index contributed by atoms with van der Waals surface area (Å²) in [4.78, 5) is 5.27. The quantitative estimate of drug-likeness (QED) is 0.570. The molecule has 0 aliphatic carbocycles. The van der Waals surface area contributed by atoms with Crippen LogP contribution in [0.2, 0.25) is 0 Å². The van der Waals surface area contributed by atoms with E-state index in [0.717, 1.165) is 0 Å². The lowest BCUT2D eigenvalue weighted by atomic mass is 10.5. The van der Waals surface area contributed by atoms with Crippen molar-refractivity contribution in [2.45, 2.75) is 20.0 Å². The fourth-order valence-electron chi connectivity index (χ4n) is 0.733. The molecule has 4 nitrogen and oxygen atoms in total. The molecule has 1 heterocycles. The molecule has 0 spiro atoms. The average molecular weight is 147 g/mol. The van der Waals surface area contributed by atoms with Gasteiger partial charge in [-0.3, -0.25) is 4.84 Å². The van der Waals surface area contributed by atoms with Gasteiger partial charge in [0.2, 0.25) is 0 Å². The Morgan fingerprint density at radius 2 is 1.90 bits per heavy atom. The second-order valence-electron chi connectivity index (χ2n) is 2.42. The van der Waals surface area contributed by atoms with Crippen LogP contribution in [-0.4, -0.2) is 31.4 Å². The van der Waals surface area contributed by atoms with Crippen LogP contribution in [0.3, 0.4) is 0 Å². The van der Waals surface area contributed by atoms with Crippen molar-refractivity contribution >= 4 is 0 Å². The first-order valence-electron chi connectivity index (χ1n) is 3.36. The predicted octanol–water partition coefficient (Wildman–Crippen LogP) is 0.548. The van der Waals surface area contributed by atoms with E-state index in [1.807, 2.05) is 13.8 Å². The van der Waals surface area contributed by atoms with Crippen molar-refractivity contribution in [3.8, 4) is 0 Å². The Bertz CT molecular complexity index is 91.0. The van der Waals surface area contributed by atoms with Crippen molar-refractivity contribution in [3.63, 3.8) is 0 Å². The zero-order valence-electron chi connectivity index (χ0n) is 6.37. The fourth-order valence-corrected chi connectivity index (χ4v) is 0.733. The molecule has 60 valence electrons. The molecular formula is C6H13NO3. The number of hydrogen-bond donors (Lipinski definition) is 0. The first-order valence-corrected chi connectivity index (χ1v) is 3.36. The molecule has 0 aromatic carbocycles. The SMILES string of the molecule is CC(C)ON1COCOC1. The molecule has 0 unspecified atom stereocenters. The summed E-state index contributed by atoms with van der Waals surface area (Å²) in [7, 11) is 0. The van der Waals surface area contributed by atoms with Crippen LogP contribution < -0.4 is 0 Å². The van der Waals surface area contributed by atoms with Crippen molar-refractivity contribution in [1.29, 1.82) is 0 Å². The normalized spacial score (nSPS) is 21.9. The Morgan fingerprint density at radius 1 is 1.30 bits per heavy atom. The van der Waals surface area contributed by atoms with E-state index in [-0.39, 0.29) is 6.10 Å². The summed E-state index contributed by atoms with van der Waals surface area (Å²) in [5.41, 5.74) is 0. The summed E-state index contributed by atoms with van der Waals surface area (Å²) in [5.74, 6) is 0. The van der Waals surface area contributed by atoms with Crippen LogP contribution in [0, 0.1) is 0 Å². The molecule has 1 saturated heterocycles. The summed E-state index contributed by atoms with van der Waals surface area (Å²) in [6.07, 6.45) is 0.185. The van der Waals surface area contributed by atoms with Crippen LogP contribution in [0.25, 0.3) is 0 Å². The Morgan fingerprint density at radius 3 is 2.40 bits per heavy atom. The largest absolute Gasteiger partial charge is 0.338 e. The van der Waals surface area contributed by atoms with Crippen molar-refractivity contribution < 1.29 is 14.3 Å². The van der Waals surface area contributed by atoms with Gasteiger partial charge in [0.05, 0.1) is 6.10 Å². The second kappa shape index (κ2) is 3.88. The van der Waals surface area contributed by atoms with E-state index < -0.39 is 0 Å². The summed E-state index contributed by atoms with van der Waals surface area (Å²) in [6.45, 7) is 5.30. The monoisotopic (exact) mass is 147 g/mol. The lowest BCUT2D eigenvalue weighted by Gasteiger charge is -2.26. The molecule has 0 amide bonds. The minimum Gasteiger partial charge on any atom is -0.338 e. The highest BCUT2D eigenvalue weighted by Crippen LogP contribution is 2.01. The van der Waals surface area contributed by atoms with Crippen molar-refractivity contribution in [2.24, 2.45) is 0 Å². The lowest BCUT2D eigenvalue weighted by molar-refractivity contribution is -0.321. The van der Waals surface area contributed by atoms with Crippen molar-refractivity contribution in [1.82, 2.24) is 5.06 Å². The molecule has 0 N–H and O–H groups in total. The van der Waals surface area contributed by atoms with Gasteiger partial charge in [-0.25, -0.2) is 0 Å². The highest BCUT2D eigenvalue weighted by Gasteiger charge is 2.11. The topological polar surface area (TPSA) is 30.9 Å². The van der Waals surface area contributed by atoms with E-state index in [0.29, 0.717) is 20.3 Å². The average Bonchev–Trinajstić information content (AvgIpc) is 1.88. The van der Waals surface area contributed by atoms with Gasteiger partial charge in [-0.15, -0.1) is 5.06 Å². The molecule has 1 rings (SSSR count). The van der Waals surface area contributed by atoms with Gasteiger partial charge in [-0.1, -0.05) is 0 Å². The van der Waals surface area contributed by atoms with Crippen molar-refractivity contribution in [2.75, 3.05) is 20.3 Å². The third kappa shape index (κ3) is 2.62. The standard InChI is InChI=1S/C6H13NO3/c1-6(2)10-7-3-8-5-9-4-7/h6H,3-5H2,1-2H3. The maximum Gasteiger partial charge on any atom is 0.150 e. The second-order valence-corrected chi connectivity index (χ2v) is 2.42. The van der Waals surface area contributed by atoms with Crippen LogP contribution >= 0.6 is 0 Å². The molecule has 0 bridgehead atoms. The zero-order valence-corrected chi connectivity index (χ0v) is 6.37. The third-order valence-electron chi connectivity index (χ3n) is 0.997. The van der Waals surface area contributed by atoms with E-state index in [4.69, 9.17) is 14.3 Å².